The van der Waals surface area contributed by atoms with Gasteiger partial charge in [-0.2, -0.15) is 13.2 Å². The second-order valence-electron chi connectivity index (χ2n) is 9.01. The van der Waals surface area contributed by atoms with Crippen molar-refractivity contribution in [1.29, 1.82) is 0 Å². The number of rotatable bonds is 6. The predicted molar refractivity (Wildman–Crippen MR) is 131 cm³/mol. The van der Waals surface area contributed by atoms with Crippen molar-refractivity contribution in [3.05, 3.63) is 64.7 Å². The molecule has 0 spiro atoms. The first-order valence-electron chi connectivity index (χ1n) is 12.0. The van der Waals surface area contributed by atoms with Crippen LogP contribution in [0.1, 0.15) is 45.2 Å². The lowest BCUT2D eigenvalue weighted by Gasteiger charge is -2.24. The second kappa shape index (κ2) is 12.3. The summed E-state index contributed by atoms with van der Waals surface area (Å²) < 4.78 is 43.4. The molecule has 2 aromatic rings. The smallest absolute Gasteiger partial charge is 0.490 e. The average molecular weight is 538 g/mol. The highest BCUT2D eigenvalue weighted by Gasteiger charge is 2.41. The van der Waals surface area contributed by atoms with E-state index >= 15 is 0 Å². The third kappa shape index (κ3) is 6.81. The molecule has 2 heterocycles. The van der Waals surface area contributed by atoms with Crippen LogP contribution in [0.2, 0.25) is 0 Å². The fraction of sp³-hybridized carbons (Fsp3) is 0.423. The number of ether oxygens (including phenoxy) is 2. The topological polar surface area (TPSA) is 126 Å². The molecule has 0 aliphatic carbocycles. The molecule has 0 unspecified atom stereocenters. The quantitative estimate of drug-likeness (QED) is 0.446. The van der Waals surface area contributed by atoms with Gasteiger partial charge in [0.25, 0.3) is 11.8 Å². The molecule has 4 rings (SSSR count). The van der Waals surface area contributed by atoms with Crippen molar-refractivity contribution in [2.75, 3.05) is 39.9 Å². The van der Waals surface area contributed by atoms with E-state index in [0.717, 1.165) is 30.6 Å². The first kappa shape index (κ1) is 28.9. The number of carboxylic acid groups (broad SMARTS) is 1. The van der Waals surface area contributed by atoms with Gasteiger partial charge in [0.15, 0.2) is 0 Å². The van der Waals surface area contributed by atoms with Crippen LogP contribution < -0.4 is 20.7 Å². The highest BCUT2D eigenvalue weighted by Crippen LogP contribution is 2.45. The van der Waals surface area contributed by atoms with Crippen molar-refractivity contribution in [3.63, 3.8) is 0 Å². The number of hydrogen-bond acceptors (Lipinski definition) is 6. The van der Waals surface area contributed by atoms with Crippen molar-refractivity contribution < 1.29 is 42.1 Å². The van der Waals surface area contributed by atoms with Gasteiger partial charge in [-0.15, -0.1) is 0 Å². The van der Waals surface area contributed by atoms with Crippen molar-refractivity contribution in [2.45, 2.75) is 31.0 Å². The Hall–Kier alpha value is -3.64. The van der Waals surface area contributed by atoms with Gasteiger partial charge in [0.2, 0.25) is 0 Å². The Morgan fingerprint density at radius 2 is 1.84 bits per heavy atom. The number of halogens is 3. The summed E-state index contributed by atoms with van der Waals surface area (Å²) in [7, 11) is 1.57. The minimum atomic E-state index is -5.08. The Kier molecular flexibility index (Phi) is 9.34. The molecule has 4 N–H and O–H groups in total. The zero-order chi connectivity index (χ0) is 27.9. The molecule has 1 fully saturated rings. The molecule has 38 heavy (non-hydrogen) atoms. The molecule has 2 aliphatic rings. The van der Waals surface area contributed by atoms with Gasteiger partial charge in [-0.05, 0) is 31.0 Å². The number of aliphatic carboxylic acids is 1. The maximum atomic E-state index is 13.0. The fourth-order valence-electron chi connectivity index (χ4n) is 4.22. The van der Waals surface area contributed by atoms with Gasteiger partial charge < -0.3 is 30.5 Å². The minimum Gasteiger partial charge on any atom is -0.491 e. The molecule has 2 aromatic carbocycles. The summed E-state index contributed by atoms with van der Waals surface area (Å²) >= 11 is 0. The number of hydrogen-bond donors (Lipinski definition) is 4. The normalized spacial score (nSPS) is 20.3. The third-order valence-corrected chi connectivity index (χ3v) is 6.33. The molecule has 2 amide bonds. The standard InChI is InChI=1S/C24H29N3O4.C2HF3O2/c1-24(17-6-4-3-5-7-17)15-31-21-19(23(29)25-2)12-16(13-20(21)24)22(28)27-9-8-18-14-26-10-11-30-18;3-2(4,5)1(6)7/h3-7,12-13,18,26H,8-11,14-15H2,1-2H3,(H,25,29)(H,27,28);(H,6,7)/t18-,24-;/m1./s1. The van der Waals surface area contributed by atoms with Gasteiger partial charge in [-0.25, -0.2) is 4.79 Å². The van der Waals surface area contributed by atoms with Crippen molar-refractivity contribution in [1.82, 2.24) is 16.0 Å². The van der Waals surface area contributed by atoms with E-state index in [-0.39, 0.29) is 17.9 Å². The van der Waals surface area contributed by atoms with Crippen LogP contribution in [-0.4, -0.2) is 75.1 Å². The van der Waals surface area contributed by atoms with Gasteiger partial charge in [-0.3, -0.25) is 9.59 Å². The van der Waals surface area contributed by atoms with E-state index in [9.17, 15) is 22.8 Å². The maximum Gasteiger partial charge on any atom is 0.490 e. The maximum absolute atomic E-state index is 13.0. The number of amides is 2. The van der Waals surface area contributed by atoms with Crippen molar-refractivity contribution in [2.24, 2.45) is 0 Å². The van der Waals surface area contributed by atoms with E-state index in [1.165, 1.54) is 0 Å². The zero-order valence-electron chi connectivity index (χ0n) is 21.0. The number of alkyl halides is 3. The molecule has 9 nitrogen and oxygen atoms in total. The minimum absolute atomic E-state index is 0.102. The van der Waals surface area contributed by atoms with E-state index in [1.807, 2.05) is 36.4 Å². The monoisotopic (exact) mass is 537 g/mol. The lowest BCUT2D eigenvalue weighted by atomic mass is 9.77. The molecule has 0 radical (unpaired) electrons. The van der Waals surface area contributed by atoms with Crippen LogP contribution in [0.25, 0.3) is 0 Å². The second-order valence-corrected chi connectivity index (χ2v) is 9.01. The first-order chi connectivity index (χ1) is 18.0. The van der Waals surface area contributed by atoms with E-state index in [1.54, 1.807) is 13.1 Å². The van der Waals surface area contributed by atoms with Crippen LogP contribution >= 0.6 is 0 Å². The van der Waals surface area contributed by atoms with Gasteiger partial charge in [0.1, 0.15) is 12.4 Å². The van der Waals surface area contributed by atoms with Crippen LogP contribution in [0, 0.1) is 0 Å². The first-order valence-corrected chi connectivity index (χ1v) is 12.0. The number of carbonyl (C=O) groups excluding carboxylic acids is 2. The summed E-state index contributed by atoms with van der Waals surface area (Å²) in [6, 6.07) is 13.5. The summed E-state index contributed by atoms with van der Waals surface area (Å²) in [5.41, 5.74) is 2.32. The van der Waals surface area contributed by atoms with Crippen molar-refractivity contribution >= 4 is 17.8 Å². The average Bonchev–Trinajstić information content (AvgIpc) is 3.26. The highest BCUT2D eigenvalue weighted by molar-refractivity contribution is 6.02. The summed E-state index contributed by atoms with van der Waals surface area (Å²) in [5.74, 6) is -2.69. The Morgan fingerprint density at radius 3 is 2.42 bits per heavy atom. The number of nitrogens with one attached hydrogen (secondary N) is 3. The Morgan fingerprint density at radius 1 is 1.16 bits per heavy atom. The molecule has 0 bridgehead atoms. The number of benzene rings is 2. The largest absolute Gasteiger partial charge is 0.491 e. The molecule has 2 aliphatic heterocycles. The lowest BCUT2D eigenvalue weighted by molar-refractivity contribution is -0.192. The summed E-state index contributed by atoms with van der Waals surface area (Å²) in [4.78, 5) is 34.4. The Balaban J connectivity index is 0.000000505. The Labute approximate surface area is 217 Å². The molecule has 12 heteroatoms. The van der Waals surface area contributed by atoms with Gasteiger partial charge in [0.05, 0.1) is 23.7 Å². The van der Waals surface area contributed by atoms with Gasteiger partial charge in [-0.1, -0.05) is 30.3 Å². The highest BCUT2D eigenvalue weighted by atomic mass is 19.4. The van der Waals surface area contributed by atoms with Crippen LogP contribution in [0.15, 0.2) is 42.5 Å². The van der Waals surface area contributed by atoms with Crippen LogP contribution in [-0.2, 0) is 14.9 Å². The predicted octanol–water partition coefficient (Wildman–Crippen LogP) is 2.49. The molecular formula is C26H30F3N3O6. The zero-order valence-corrected chi connectivity index (χ0v) is 21.0. The molecule has 0 aromatic heterocycles. The van der Waals surface area contributed by atoms with E-state index in [2.05, 4.69) is 22.9 Å². The van der Waals surface area contributed by atoms with E-state index < -0.39 is 17.6 Å². The molecular weight excluding hydrogens is 507 g/mol. The number of carbonyl (C=O) groups is 3. The summed E-state index contributed by atoms with van der Waals surface area (Å²) in [6.07, 6.45) is -4.25. The summed E-state index contributed by atoms with van der Waals surface area (Å²) in [5, 5.41) is 16.0. The van der Waals surface area contributed by atoms with Crippen LogP contribution in [0.3, 0.4) is 0 Å². The van der Waals surface area contributed by atoms with Gasteiger partial charge in [0, 0.05) is 37.8 Å². The lowest BCUT2D eigenvalue weighted by Crippen LogP contribution is -2.40. The molecule has 2 atom stereocenters. The fourth-order valence-corrected chi connectivity index (χ4v) is 4.22. The summed E-state index contributed by atoms with van der Waals surface area (Å²) in [6.45, 7) is 5.34. The van der Waals surface area contributed by atoms with Crippen LogP contribution in [0.4, 0.5) is 13.2 Å². The Bertz CT molecular complexity index is 1150. The van der Waals surface area contributed by atoms with E-state index in [4.69, 9.17) is 19.4 Å². The SMILES string of the molecule is CNC(=O)c1cc(C(=O)NCC[C@@H]2CNCCO2)cc2c1OC[C@]2(C)c1ccccc1.O=C(O)C(F)(F)F. The van der Waals surface area contributed by atoms with Crippen molar-refractivity contribution in [3.8, 4) is 5.75 Å². The van der Waals surface area contributed by atoms with Crippen LogP contribution in [0.5, 0.6) is 5.75 Å². The number of fused-ring (bicyclic) bond motifs is 1. The molecule has 206 valence electrons. The number of morpholine rings is 1. The molecule has 1 saturated heterocycles. The van der Waals surface area contributed by atoms with Gasteiger partial charge >= 0.3 is 12.1 Å². The third-order valence-electron chi connectivity index (χ3n) is 6.33. The number of carboxylic acids is 1. The van der Waals surface area contributed by atoms with E-state index in [0.29, 0.717) is 36.6 Å². The molecule has 0 saturated carbocycles.